The molecule has 1 aliphatic rings. The summed E-state index contributed by atoms with van der Waals surface area (Å²) < 4.78 is 25.4. The zero-order valence-corrected chi connectivity index (χ0v) is 19.0. The van der Waals surface area contributed by atoms with E-state index in [2.05, 4.69) is 15.6 Å². The molecule has 2 aromatic carbocycles. The van der Waals surface area contributed by atoms with Crippen molar-refractivity contribution in [3.05, 3.63) is 53.3 Å². The van der Waals surface area contributed by atoms with Gasteiger partial charge in [-0.05, 0) is 49.6 Å². The number of piperidine rings is 1. The molecular weight excluding hydrogens is 411 g/mol. The largest absolute Gasteiger partial charge is 0.497 e. The first-order chi connectivity index (χ1) is 15.5. The van der Waals surface area contributed by atoms with Crippen LogP contribution in [0.1, 0.15) is 30.9 Å². The number of nitrogens with one attached hydrogen (secondary N) is 2. The lowest BCUT2D eigenvalue weighted by Crippen LogP contribution is -2.37. The molecule has 174 valence electrons. The molecule has 2 aromatic rings. The molecule has 0 amide bonds. The van der Waals surface area contributed by atoms with Crippen molar-refractivity contribution in [1.29, 1.82) is 0 Å². The van der Waals surface area contributed by atoms with Crippen LogP contribution in [-0.2, 0) is 13.1 Å². The minimum absolute atomic E-state index is 0.255. The molecule has 0 saturated carbocycles. The normalized spacial score (nSPS) is 14.9. The van der Waals surface area contributed by atoms with Crippen LogP contribution >= 0.6 is 0 Å². The fraction of sp³-hybridized carbons (Fsp3) is 0.458. The molecule has 1 heterocycles. The van der Waals surface area contributed by atoms with E-state index < -0.39 is 0 Å². The van der Waals surface area contributed by atoms with Gasteiger partial charge in [-0.15, -0.1) is 0 Å². The smallest absolute Gasteiger partial charge is 0.191 e. The van der Waals surface area contributed by atoms with Gasteiger partial charge in [0.15, 0.2) is 5.96 Å². The van der Waals surface area contributed by atoms with Crippen LogP contribution in [0.15, 0.2) is 41.4 Å². The Labute approximate surface area is 189 Å². The number of aliphatic imine (C=N–C) groups is 1. The minimum Gasteiger partial charge on any atom is -0.497 e. The summed E-state index contributed by atoms with van der Waals surface area (Å²) in [5, 5.41) is 16.2. The van der Waals surface area contributed by atoms with Gasteiger partial charge < -0.3 is 30.1 Å². The topological polar surface area (TPSA) is 78.4 Å². The van der Waals surface area contributed by atoms with E-state index in [1.807, 2.05) is 36.1 Å². The van der Waals surface area contributed by atoms with Crippen molar-refractivity contribution in [3.63, 3.8) is 0 Å². The number of hydrogen-bond donors (Lipinski definition) is 3. The third-order valence-electron chi connectivity index (χ3n) is 5.52. The van der Waals surface area contributed by atoms with Gasteiger partial charge in [-0.1, -0.05) is 6.07 Å². The van der Waals surface area contributed by atoms with Gasteiger partial charge in [0.1, 0.15) is 17.3 Å². The van der Waals surface area contributed by atoms with Gasteiger partial charge in [-0.2, -0.15) is 0 Å². The Morgan fingerprint density at radius 3 is 2.56 bits per heavy atom. The minimum atomic E-state index is -0.280. The standard InChI is InChI=1S/C24H33FN4O3/c1-4-26-24(28-16-18-6-7-20(31-2)14-23(18)32-3)27-15-17-5-8-22(21(25)13-17)29-11-9-19(30)10-12-29/h5-8,13-14,19,30H,4,9-12,15-16H2,1-3H3,(H2,26,27,28). The van der Waals surface area contributed by atoms with Crippen molar-refractivity contribution in [2.24, 2.45) is 4.99 Å². The maximum Gasteiger partial charge on any atom is 0.191 e. The second-order valence-corrected chi connectivity index (χ2v) is 7.73. The Balaban J connectivity index is 1.64. The molecule has 8 heteroatoms. The monoisotopic (exact) mass is 444 g/mol. The maximum atomic E-state index is 14.7. The highest BCUT2D eigenvalue weighted by molar-refractivity contribution is 5.79. The molecule has 0 atom stereocenters. The third-order valence-corrected chi connectivity index (χ3v) is 5.52. The number of hydrogen-bond acceptors (Lipinski definition) is 5. The van der Waals surface area contributed by atoms with Crippen molar-refractivity contribution >= 4 is 11.6 Å². The molecule has 1 fully saturated rings. The average Bonchev–Trinajstić information content (AvgIpc) is 2.81. The number of benzene rings is 2. The number of aliphatic hydroxyl groups is 1. The predicted octanol–water partition coefficient (Wildman–Crippen LogP) is 3.06. The number of rotatable bonds is 8. The maximum absolute atomic E-state index is 14.7. The molecule has 0 radical (unpaired) electrons. The second kappa shape index (κ2) is 11.6. The highest BCUT2D eigenvalue weighted by atomic mass is 19.1. The Morgan fingerprint density at radius 1 is 1.12 bits per heavy atom. The van der Waals surface area contributed by atoms with Crippen LogP contribution in [0.4, 0.5) is 10.1 Å². The van der Waals surface area contributed by atoms with Gasteiger partial charge in [0.05, 0.1) is 32.6 Å². The predicted molar refractivity (Wildman–Crippen MR) is 125 cm³/mol. The number of nitrogens with zero attached hydrogens (tertiary/aromatic N) is 2. The zero-order valence-electron chi connectivity index (χ0n) is 19.0. The molecule has 0 aromatic heterocycles. The van der Waals surface area contributed by atoms with E-state index in [-0.39, 0.29) is 11.9 Å². The van der Waals surface area contributed by atoms with Gasteiger partial charge >= 0.3 is 0 Å². The third kappa shape index (κ3) is 6.26. The van der Waals surface area contributed by atoms with Crippen LogP contribution in [-0.4, -0.2) is 51.0 Å². The van der Waals surface area contributed by atoms with Crippen LogP contribution in [0.2, 0.25) is 0 Å². The molecule has 1 aliphatic heterocycles. The van der Waals surface area contributed by atoms with Crippen molar-refractivity contribution in [2.45, 2.75) is 39.0 Å². The summed E-state index contributed by atoms with van der Waals surface area (Å²) in [5.41, 5.74) is 2.35. The van der Waals surface area contributed by atoms with Crippen molar-refractivity contribution in [1.82, 2.24) is 10.6 Å². The number of aliphatic hydroxyl groups excluding tert-OH is 1. The average molecular weight is 445 g/mol. The van der Waals surface area contributed by atoms with Crippen LogP contribution in [0.5, 0.6) is 11.5 Å². The summed E-state index contributed by atoms with van der Waals surface area (Å²) in [6, 6.07) is 10.9. The van der Waals surface area contributed by atoms with E-state index >= 15 is 0 Å². The van der Waals surface area contributed by atoms with Crippen molar-refractivity contribution < 1.29 is 19.0 Å². The van der Waals surface area contributed by atoms with E-state index in [9.17, 15) is 9.50 Å². The van der Waals surface area contributed by atoms with Crippen LogP contribution in [0, 0.1) is 5.82 Å². The highest BCUT2D eigenvalue weighted by Gasteiger charge is 2.19. The lowest BCUT2D eigenvalue weighted by Gasteiger charge is -2.31. The summed E-state index contributed by atoms with van der Waals surface area (Å²) in [6.07, 6.45) is 1.06. The van der Waals surface area contributed by atoms with Crippen molar-refractivity contribution in [3.8, 4) is 11.5 Å². The lowest BCUT2D eigenvalue weighted by atomic mass is 10.1. The molecule has 7 nitrogen and oxygen atoms in total. The first kappa shape index (κ1) is 23.7. The lowest BCUT2D eigenvalue weighted by molar-refractivity contribution is 0.145. The van der Waals surface area contributed by atoms with Crippen molar-refractivity contribution in [2.75, 3.05) is 38.8 Å². The highest BCUT2D eigenvalue weighted by Crippen LogP contribution is 2.25. The number of guanidine groups is 1. The molecule has 3 rings (SSSR count). The fourth-order valence-electron chi connectivity index (χ4n) is 3.70. The second-order valence-electron chi connectivity index (χ2n) is 7.73. The Hall–Kier alpha value is -3.00. The van der Waals surface area contributed by atoms with E-state index in [0.717, 1.165) is 22.6 Å². The molecule has 0 spiro atoms. The summed E-state index contributed by atoms with van der Waals surface area (Å²) in [6.45, 7) is 4.91. The number of halogens is 1. The van der Waals surface area contributed by atoms with Crippen LogP contribution in [0.3, 0.4) is 0 Å². The molecule has 0 unspecified atom stereocenters. The summed E-state index contributed by atoms with van der Waals surface area (Å²) in [5.74, 6) is 1.85. The summed E-state index contributed by atoms with van der Waals surface area (Å²) >= 11 is 0. The zero-order chi connectivity index (χ0) is 22.9. The quantitative estimate of drug-likeness (QED) is 0.429. The van der Waals surface area contributed by atoms with Gasteiger partial charge in [0.25, 0.3) is 0 Å². The number of methoxy groups -OCH3 is 2. The molecule has 32 heavy (non-hydrogen) atoms. The first-order valence-electron chi connectivity index (χ1n) is 11.0. The van der Waals surface area contributed by atoms with Gasteiger partial charge in [-0.25, -0.2) is 9.38 Å². The van der Waals surface area contributed by atoms with E-state index in [4.69, 9.17) is 9.47 Å². The molecule has 3 N–H and O–H groups in total. The fourth-order valence-corrected chi connectivity index (χ4v) is 3.70. The molecule has 0 bridgehead atoms. The Kier molecular flexibility index (Phi) is 8.56. The summed E-state index contributed by atoms with van der Waals surface area (Å²) in [4.78, 5) is 6.59. The van der Waals surface area contributed by atoms with Crippen LogP contribution < -0.4 is 25.0 Å². The molecular formula is C24H33FN4O3. The van der Waals surface area contributed by atoms with Gasteiger partial charge in [-0.3, -0.25) is 0 Å². The number of ether oxygens (including phenoxy) is 2. The Bertz CT molecular complexity index is 914. The SMILES string of the molecule is CCNC(=NCc1ccc(N2CCC(O)CC2)c(F)c1)NCc1ccc(OC)cc1OC. The molecule has 1 saturated heterocycles. The molecule has 0 aliphatic carbocycles. The Morgan fingerprint density at radius 2 is 1.91 bits per heavy atom. The van der Waals surface area contributed by atoms with E-state index in [1.165, 1.54) is 0 Å². The number of anilines is 1. The summed E-state index contributed by atoms with van der Waals surface area (Å²) in [7, 11) is 3.25. The van der Waals surface area contributed by atoms with E-state index in [1.54, 1.807) is 26.4 Å². The van der Waals surface area contributed by atoms with Gasteiger partial charge in [0, 0.05) is 37.8 Å². The first-order valence-corrected chi connectivity index (χ1v) is 11.0. The van der Waals surface area contributed by atoms with Gasteiger partial charge in [0.2, 0.25) is 0 Å². The van der Waals surface area contributed by atoms with Crippen LogP contribution in [0.25, 0.3) is 0 Å². The van der Waals surface area contributed by atoms with E-state index in [0.29, 0.717) is 57.2 Å².